The summed E-state index contributed by atoms with van der Waals surface area (Å²) in [6, 6.07) is 0. The van der Waals surface area contributed by atoms with Crippen molar-refractivity contribution in [3.63, 3.8) is 0 Å². The number of aromatic nitrogens is 4. The Labute approximate surface area is 246 Å². The lowest BCUT2D eigenvalue weighted by Gasteiger charge is -2.26. The fourth-order valence-corrected chi connectivity index (χ4v) is 6.08. The van der Waals surface area contributed by atoms with Crippen molar-refractivity contribution in [3.05, 3.63) is 16.7 Å². The molecule has 3 heterocycles. The Morgan fingerprint density at radius 1 is 0.976 bits per heavy atom. The van der Waals surface area contributed by atoms with E-state index in [4.69, 9.17) is 29.0 Å². The van der Waals surface area contributed by atoms with Gasteiger partial charge in [-0.3, -0.25) is 14.3 Å². The smallest absolute Gasteiger partial charge is 0.280 e. The molecule has 0 spiro atoms. The van der Waals surface area contributed by atoms with Gasteiger partial charge in [-0.15, -0.1) is 0 Å². The topological polar surface area (TPSA) is 136 Å². The van der Waals surface area contributed by atoms with Gasteiger partial charge in [-0.2, -0.15) is 4.98 Å². The number of hydrogen-bond acceptors (Lipinski definition) is 9. The standard InChI is InChI=1S/C29H52N5O6P/c1-5-6-7-8-9-10-11-12-13-14-15-16-17-18-19-38-25-24(40-41(4)37-3)22(20-36-2)39-28(25)34-21-31-23-26(34)32-29(30)33-27(23)35/h21-22,24-25,28H,5-20H2,1-4H3,(H3,30,32,33,35). The molecule has 0 aliphatic carbocycles. The number of rotatable bonds is 22. The van der Waals surface area contributed by atoms with Crippen LogP contribution >= 0.6 is 8.38 Å². The Hall–Kier alpha value is -1.62. The molecule has 3 rings (SSSR count). The summed E-state index contributed by atoms with van der Waals surface area (Å²) in [5.41, 5.74) is 5.96. The second-order valence-corrected chi connectivity index (χ2v) is 12.4. The molecule has 1 aliphatic heterocycles. The molecule has 41 heavy (non-hydrogen) atoms. The Bertz CT molecular complexity index is 1050. The lowest BCUT2D eigenvalue weighted by atomic mass is 10.0. The van der Waals surface area contributed by atoms with Gasteiger partial charge in [0.05, 0.1) is 12.9 Å². The molecule has 5 unspecified atom stereocenters. The second kappa shape index (κ2) is 18.8. The fourth-order valence-electron chi connectivity index (χ4n) is 5.39. The Kier molecular flexibility index (Phi) is 15.6. The highest BCUT2D eigenvalue weighted by Crippen LogP contribution is 2.43. The zero-order chi connectivity index (χ0) is 29.5. The van der Waals surface area contributed by atoms with E-state index in [1.165, 1.54) is 83.4 Å². The number of nitrogens with one attached hydrogen (secondary N) is 1. The van der Waals surface area contributed by atoms with Crippen LogP contribution in [-0.4, -0.2) is 71.9 Å². The zero-order valence-electron chi connectivity index (χ0n) is 25.5. The fraction of sp³-hybridized carbons (Fsp3) is 0.828. The number of anilines is 1. The van der Waals surface area contributed by atoms with Crippen molar-refractivity contribution in [2.24, 2.45) is 0 Å². The minimum atomic E-state index is -1.14. The van der Waals surface area contributed by atoms with Crippen LogP contribution in [0, 0.1) is 0 Å². The summed E-state index contributed by atoms with van der Waals surface area (Å²) in [6.07, 6.45) is 17.8. The average Bonchev–Trinajstić information content (AvgIpc) is 3.52. The molecule has 0 amide bonds. The van der Waals surface area contributed by atoms with Crippen LogP contribution in [0.3, 0.4) is 0 Å². The van der Waals surface area contributed by atoms with E-state index < -0.39 is 38.5 Å². The van der Waals surface area contributed by atoms with Crippen LogP contribution in [0.15, 0.2) is 11.1 Å². The van der Waals surface area contributed by atoms with Gasteiger partial charge in [0.15, 0.2) is 25.8 Å². The minimum absolute atomic E-state index is 0.0137. The molecule has 1 saturated heterocycles. The molecule has 2 aromatic rings. The first-order valence-corrected chi connectivity index (χ1v) is 17.1. The van der Waals surface area contributed by atoms with Crippen molar-refractivity contribution >= 4 is 25.5 Å². The van der Waals surface area contributed by atoms with Crippen LogP contribution < -0.4 is 11.3 Å². The molecule has 0 bridgehead atoms. The first kappa shape index (κ1) is 33.9. The van der Waals surface area contributed by atoms with Gasteiger partial charge in [0, 0.05) is 27.5 Å². The number of hydrogen-bond donors (Lipinski definition) is 2. The van der Waals surface area contributed by atoms with E-state index in [-0.39, 0.29) is 11.5 Å². The van der Waals surface area contributed by atoms with Crippen molar-refractivity contribution in [1.29, 1.82) is 0 Å². The number of methoxy groups -OCH3 is 1. The molecule has 0 aromatic carbocycles. The van der Waals surface area contributed by atoms with Gasteiger partial charge in [0.2, 0.25) is 5.95 Å². The van der Waals surface area contributed by atoms with Crippen molar-refractivity contribution < 1.29 is 23.3 Å². The number of H-pyrrole nitrogens is 1. The van der Waals surface area contributed by atoms with Gasteiger partial charge < -0.3 is 29.0 Å². The minimum Gasteiger partial charge on any atom is -0.382 e. The van der Waals surface area contributed by atoms with Gasteiger partial charge in [0.1, 0.15) is 18.3 Å². The van der Waals surface area contributed by atoms with Gasteiger partial charge in [-0.1, -0.05) is 90.4 Å². The number of fused-ring (bicyclic) bond motifs is 1. The lowest BCUT2D eigenvalue weighted by Crippen LogP contribution is -2.37. The van der Waals surface area contributed by atoms with Gasteiger partial charge in [0.25, 0.3) is 5.56 Å². The molecular weight excluding hydrogens is 545 g/mol. The van der Waals surface area contributed by atoms with E-state index in [1.807, 2.05) is 6.66 Å². The second-order valence-electron chi connectivity index (χ2n) is 10.9. The first-order chi connectivity index (χ1) is 20.0. The molecule has 5 atom stereocenters. The number of imidazole rings is 1. The Morgan fingerprint density at radius 2 is 1.59 bits per heavy atom. The van der Waals surface area contributed by atoms with Crippen LogP contribution in [0.1, 0.15) is 103 Å². The molecule has 11 nitrogen and oxygen atoms in total. The largest absolute Gasteiger partial charge is 0.382 e. The molecule has 0 radical (unpaired) electrons. The predicted molar refractivity (Wildman–Crippen MR) is 163 cm³/mol. The van der Waals surface area contributed by atoms with Crippen molar-refractivity contribution in [2.45, 2.75) is 121 Å². The average molecular weight is 598 g/mol. The van der Waals surface area contributed by atoms with E-state index >= 15 is 0 Å². The summed E-state index contributed by atoms with van der Waals surface area (Å²) < 4.78 is 31.7. The maximum absolute atomic E-state index is 12.4. The number of unbranched alkanes of at least 4 members (excludes halogenated alkanes) is 13. The normalized spacial score (nSPS) is 21.7. The number of nitrogen functional groups attached to an aromatic ring is 1. The van der Waals surface area contributed by atoms with E-state index in [2.05, 4.69) is 21.9 Å². The summed E-state index contributed by atoms with van der Waals surface area (Å²) in [4.78, 5) is 23.4. The van der Waals surface area contributed by atoms with Crippen molar-refractivity contribution in [2.75, 3.05) is 39.8 Å². The van der Waals surface area contributed by atoms with E-state index in [0.29, 0.717) is 18.9 Å². The number of aromatic amines is 1. The lowest BCUT2D eigenvalue weighted by molar-refractivity contribution is -0.0729. The van der Waals surface area contributed by atoms with Crippen LogP contribution in [0.2, 0.25) is 0 Å². The Morgan fingerprint density at radius 3 is 2.17 bits per heavy atom. The maximum Gasteiger partial charge on any atom is 0.280 e. The molecule has 234 valence electrons. The van der Waals surface area contributed by atoms with Crippen LogP contribution in [0.5, 0.6) is 0 Å². The van der Waals surface area contributed by atoms with Crippen LogP contribution in [-0.2, 0) is 23.3 Å². The molecule has 0 saturated carbocycles. The van der Waals surface area contributed by atoms with E-state index in [1.54, 1.807) is 18.8 Å². The molecule has 12 heteroatoms. The molecule has 3 N–H and O–H groups in total. The monoisotopic (exact) mass is 597 g/mol. The van der Waals surface area contributed by atoms with Gasteiger partial charge in [-0.25, -0.2) is 4.98 Å². The van der Waals surface area contributed by atoms with Crippen LogP contribution in [0.25, 0.3) is 11.2 Å². The first-order valence-electron chi connectivity index (χ1n) is 15.4. The summed E-state index contributed by atoms with van der Waals surface area (Å²) >= 11 is 0. The SMILES string of the molecule is CCCCCCCCCCCCCCCCOC1C(OP(C)OC)C(COC)OC1n1cnc2c(=O)[nH]c(N)nc21. The molecule has 1 fully saturated rings. The maximum atomic E-state index is 12.4. The third-order valence-electron chi connectivity index (χ3n) is 7.68. The van der Waals surface area contributed by atoms with Gasteiger partial charge >= 0.3 is 0 Å². The van der Waals surface area contributed by atoms with E-state index in [9.17, 15) is 4.79 Å². The van der Waals surface area contributed by atoms with Crippen molar-refractivity contribution in [1.82, 2.24) is 19.5 Å². The molecular formula is C29H52N5O6P. The molecule has 1 aliphatic rings. The van der Waals surface area contributed by atoms with E-state index in [0.717, 1.165) is 12.8 Å². The van der Waals surface area contributed by atoms with Crippen LogP contribution in [0.4, 0.5) is 5.95 Å². The summed E-state index contributed by atoms with van der Waals surface area (Å²) in [6.45, 7) is 5.05. The highest BCUT2D eigenvalue weighted by molar-refractivity contribution is 7.46. The third kappa shape index (κ3) is 10.6. The summed E-state index contributed by atoms with van der Waals surface area (Å²) in [5, 5.41) is 0. The number of ether oxygens (including phenoxy) is 3. The predicted octanol–water partition coefficient (Wildman–Crippen LogP) is 6.09. The molecule has 2 aromatic heterocycles. The third-order valence-corrected chi connectivity index (χ3v) is 8.73. The van der Waals surface area contributed by atoms with Gasteiger partial charge in [-0.05, 0) is 6.42 Å². The number of nitrogens with two attached hydrogens (primary N) is 1. The highest BCUT2D eigenvalue weighted by Gasteiger charge is 2.48. The Balaban J connectivity index is 1.49. The summed E-state index contributed by atoms with van der Waals surface area (Å²) in [5.74, 6) is 0.0137. The summed E-state index contributed by atoms with van der Waals surface area (Å²) in [7, 11) is 2.10. The van der Waals surface area contributed by atoms with Crippen molar-refractivity contribution in [3.8, 4) is 0 Å². The number of nitrogens with zero attached hydrogens (tertiary/aromatic N) is 3. The zero-order valence-corrected chi connectivity index (χ0v) is 26.4. The quantitative estimate of drug-likeness (QED) is 0.122. The highest BCUT2D eigenvalue weighted by atomic mass is 31.2.